The summed E-state index contributed by atoms with van der Waals surface area (Å²) in [7, 11) is 0. The molecule has 0 aromatic heterocycles. The van der Waals surface area contributed by atoms with Gasteiger partial charge < -0.3 is 10.2 Å². The Balaban J connectivity index is 1.92. The lowest BCUT2D eigenvalue weighted by Crippen LogP contribution is -2.54. The number of aryl methyl sites for hydroxylation is 3. The van der Waals surface area contributed by atoms with E-state index in [1.807, 2.05) is 76.2 Å². The lowest BCUT2D eigenvalue weighted by Gasteiger charge is -2.34. The first-order chi connectivity index (χ1) is 16.6. The van der Waals surface area contributed by atoms with E-state index in [4.69, 9.17) is 0 Å². The highest BCUT2D eigenvalue weighted by Crippen LogP contribution is 2.18. The first kappa shape index (κ1) is 26.2. The summed E-state index contributed by atoms with van der Waals surface area (Å²) in [6, 6.07) is 25.8. The van der Waals surface area contributed by atoms with E-state index in [2.05, 4.69) is 42.6 Å². The molecule has 0 aliphatic rings. The standard InChI is InChI=1S/C31H38N2O2/c1-23-14-16-25(17-15-23)18-19-29(34)33(22-27-13-9-10-24(2)20-27)28(30(35)32-31(3,4)5)21-26-11-7-6-8-12-26/h6-17,20,28H,18-19,21-22H2,1-5H3,(H,32,35)/t28-/m1/s1. The summed E-state index contributed by atoms with van der Waals surface area (Å²) in [6.07, 6.45) is 1.45. The Kier molecular flexibility index (Phi) is 8.86. The molecule has 0 heterocycles. The lowest BCUT2D eigenvalue weighted by atomic mass is 9.99. The van der Waals surface area contributed by atoms with Gasteiger partial charge in [-0.25, -0.2) is 0 Å². The van der Waals surface area contributed by atoms with Gasteiger partial charge in [0.1, 0.15) is 6.04 Å². The molecule has 0 spiro atoms. The van der Waals surface area contributed by atoms with Crippen LogP contribution >= 0.6 is 0 Å². The zero-order valence-electron chi connectivity index (χ0n) is 21.7. The van der Waals surface area contributed by atoms with Crippen LogP contribution in [0.15, 0.2) is 78.9 Å². The quantitative estimate of drug-likeness (QED) is 0.430. The Morgan fingerprint density at radius 3 is 2.09 bits per heavy atom. The molecule has 3 aromatic carbocycles. The minimum absolute atomic E-state index is 0.0166. The smallest absolute Gasteiger partial charge is 0.243 e. The summed E-state index contributed by atoms with van der Waals surface area (Å²) in [4.78, 5) is 29.1. The van der Waals surface area contributed by atoms with Gasteiger partial charge in [0.2, 0.25) is 11.8 Å². The molecule has 2 amide bonds. The molecule has 1 N–H and O–H groups in total. The first-order valence-electron chi connectivity index (χ1n) is 12.4. The maximum Gasteiger partial charge on any atom is 0.243 e. The number of amides is 2. The van der Waals surface area contributed by atoms with Crippen molar-refractivity contribution in [2.24, 2.45) is 0 Å². The van der Waals surface area contributed by atoms with Gasteiger partial charge in [-0.1, -0.05) is 90.0 Å². The van der Waals surface area contributed by atoms with E-state index in [9.17, 15) is 9.59 Å². The molecule has 3 rings (SSSR count). The molecule has 1 atom stereocenters. The van der Waals surface area contributed by atoms with Crippen LogP contribution in [0.25, 0.3) is 0 Å². The third kappa shape index (κ3) is 8.40. The van der Waals surface area contributed by atoms with Gasteiger partial charge in [0.15, 0.2) is 0 Å². The summed E-state index contributed by atoms with van der Waals surface area (Å²) in [5.41, 5.74) is 5.11. The highest BCUT2D eigenvalue weighted by atomic mass is 16.2. The van der Waals surface area contributed by atoms with Gasteiger partial charge in [-0.15, -0.1) is 0 Å². The monoisotopic (exact) mass is 470 g/mol. The lowest BCUT2D eigenvalue weighted by molar-refractivity contribution is -0.141. The average molecular weight is 471 g/mol. The fraction of sp³-hybridized carbons (Fsp3) is 0.355. The highest BCUT2D eigenvalue weighted by molar-refractivity contribution is 5.88. The fourth-order valence-electron chi connectivity index (χ4n) is 4.16. The van der Waals surface area contributed by atoms with Crippen LogP contribution < -0.4 is 5.32 Å². The molecule has 0 unspecified atom stereocenters. The van der Waals surface area contributed by atoms with Crippen molar-refractivity contribution in [3.05, 3.63) is 107 Å². The van der Waals surface area contributed by atoms with E-state index in [0.29, 0.717) is 25.8 Å². The first-order valence-corrected chi connectivity index (χ1v) is 12.4. The molecule has 0 aliphatic carbocycles. The predicted molar refractivity (Wildman–Crippen MR) is 143 cm³/mol. The van der Waals surface area contributed by atoms with Crippen molar-refractivity contribution in [1.82, 2.24) is 10.2 Å². The number of hydrogen-bond acceptors (Lipinski definition) is 2. The number of nitrogens with one attached hydrogen (secondary N) is 1. The normalized spacial score (nSPS) is 12.1. The molecule has 0 saturated heterocycles. The maximum absolute atomic E-state index is 13.7. The number of carbonyl (C=O) groups is 2. The molecule has 0 radical (unpaired) electrons. The van der Waals surface area contributed by atoms with Crippen LogP contribution in [0.1, 0.15) is 55.0 Å². The van der Waals surface area contributed by atoms with Gasteiger partial charge in [0, 0.05) is 24.9 Å². The molecule has 4 nitrogen and oxygen atoms in total. The third-order valence-electron chi connectivity index (χ3n) is 5.95. The molecule has 0 bridgehead atoms. The van der Waals surface area contributed by atoms with Gasteiger partial charge in [0.05, 0.1) is 0 Å². The van der Waals surface area contributed by atoms with E-state index in [1.54, 1.807) is 4.90 Å². The minimum Gasteiger partial charge on any atom is -0.350 e. The van der Waals surface area contributed by atoms with E-state index in [-0.39, 0.29) is 11.8 Å². The number of nitrogens with zero attached hydrogens (tertiary/aromatic N) is 1. The van der Waals surface area contributed by atoms with Gasteiger partial charge >= 0.3 is 0 Å². The number of hydrogen-bond donors (Lipinski definition) is 1. The van der Waals surface area contributed by atoms with Gasteiger partial charge in [-0.3, -0.25) is 9.59 Å². The second kappa shape index (κ2) is 11.8. The van der Waals surface area contributed by atoms with Crippen molar-refractivity contribution in [3.8, 4) is 0 Å². The van der Waals surface area contributed by atoms with Crippen LogP contribution in [-0.2, 0) is 29.0 Å². The van der Waals surface area contributed by atoms with Crippen molar-refractivity contribution in [2.75, 3.05) is 0 Å². The summed E-state index contributed by atoms with van der Waals surface area (Å²) in [5.74, 6) is -0.144. The number of carbonyl (C=O) groups excluding carboxylic acids is 2. The summed E-state index contributed by atoms with van der Waals surface area (Å²) < 4.78 is 0. The van der Waals surface area contributed by atoms with Crippen molar-refractivity contribution in [1.29, 1.82) is 0 Å². The van der Waals surface area contributed by atoms with E-state index in [0.717, 1.165) is 22.3 Å². The number of rotatable bonds is 9. The van der Waals surface area contributed by atoms with Crippen molar-refractivity contribution < 1.29 is 9.59 Å². The Morgan fingerprint density at radius 1 is 0.800 bits per heavy atom. The van der Waals surface area contributed by atoms with Crippen molar-refractivity contribution >= 4 is 11.8 Å². The molecule has 35 heavy (non-hydrogen) atoms. The zero-order chi connectivity index (χ0) is 25.4. The van der Waals surface area contributed by atoms with Gasteiger partial charge in [-0.05, 0) is 57.7 Å². The van der Waals surface area contributed by atoms with Crippen LogP contribution in [0.5, 0.6) is 0 Å². The molecule has 0 saturated carbocycles. The second-order valence-corrected chi connectivity index (χ2v) is 10.4. The minimum atomic E-state index is -0.609. The van der Waals surface area contributed by atoms with Crippen LogP contribution in [0.3, 0.4) is 0 Å². The molecule has 0 fully saturated rings. The third-order valence-corrected chi connectivity index (χ3v) is 5.95. The molecule has 184 valence electrons. The fourth-order valence-corrected chi connectivity index (χ4v) is 4.16. The summed E-state index contributed by atoms with van der Waals surface area (Å²) >= 11 is 0. The highest BCUT2D eigenvalue weighted by Gasteiger charge is 2.32. The van der Waals surface area contributed by atoms with Crippen LogP contribution in [0, 0.1) is 13.8 Å². The summed E-state index contributed by atoms with van der Waals surface area (Å²) in [5, 5.41) is 3.12. The average Bonchev–Trinajstić information content (AvgIpc) is 2.80. The van der Waals surface area contributed by atoms with Gasteiger partial charge in [-0.2, -0.15) is 0 Å². The topological polar surface area (TPSA) is 49.4 Å². The predicted octanol–water partition coefficient (Wildman–Crippen LogP) is 5.79. The second-order valence-electron chi connectivity index (χ2n) is 10.4. The summed E-state index contributed by atoms with van der Waals surface area (Å²) in [6.45, 7) is 10.4. The SMILES string of the molecule is Cc1ccc(CCC(=O)N(Cc2cccc(C)c2)[C@H](Cc2ccccc2)C(=O)NC(C)(C)C)cc1. The number of benzene rings is 3. The Hall–Kier alpha value is -3.40. The largest absolute Gasteiger partial charge is 0.350 e. The van der Waals surface area contributed by atoms with Gasteiger partial charge in [0.25, 0.3) is 0 Å². The van der Waals surface area contributed by atoms with Crippen molar-refractivity contribution in [2.45, 2.75) is 72.0 Å². The molecule has 3 aromatic rings. The molecular formula is C31H38N2O2. The van der Waals surface area contributed by atoms with E-state index in [1.165, 1.54) is 5.56 Å². The van der Waals surface area contributed by atoms with Crippen LogP contribution in [0.4, 0.5) is 0 Å². The molecule has 0 aliphatic heterocycles. The van der Waals surface area contributed by atoms with Crippen LogP contribution in [-0.4, -0.2) is 28.3 Å². The van der Waals surface area contributed by atoms with E-state index < -0.39 is 11.6 Å². The zero-order valence-corrected chi connectivity index (χ0v) is 21.7. The maximum atomic E-state index is 13.7. The van der Waals surface area contributed by atoms with Crippen molar-refractivity contribution in [3.63, 3.8) is 0 Å². The van der Waals surface area contributed by atoms with E-state index >= 15 is 0 Å². The Bertz CT molecular complexity index is 1110. The Morgan fingerprint density at radius 2 is 1.46 bits per heavy atom. The van der Waals surface area contributed by atoms with Crippen LogP contribution in [0.2, 0.25) is 0 Å². The Labute approximate surface area is 210 Å². The molecule has 4 heteroatoms. The molecular weight excluding hydrogens is 432 g/mol.